The monoisotopic (exact) mass is 324 g/mol. The summed E-state index contributed by atoms with van der Waals surface area (Å²) in [4.78, 5) is 1.62. The Morgan fingerprint density at radius 1 is 1.60 bits per heavy atom. The van der Waals surface area contributed by atoms with Crippen LogP contribution < -0.4 is 29.6 Å². The molecule has 0 aromatic rings. The van der Waals surface area contributed by atoms with Gasteiger partial charge in [0.05, 0.1) is 0 Å². The number of rotatable bonds is 0. The molecule has 0 saturated heterocycles. The molecule has 25 valence electrons. The van der Waals surface area contributed by atoms with Crippen LogP contribution in [0.1, 0.15) is 0 Å². The first-order chi connectivity index (χ1) is 1.41. The van der Waals surface area contributed by atoms with E-state index in [1.165, 1.54) is 0 Å². The minimum atomic E-state index is 0. The van der Waals surface area contributed by atoms with Crippen LogP contribution in [-0.4, -0.2) is 16.0 Å². The van der Waals surface area contributed by atoms with Crippen molar-refractivity contribution in [2.75, 3.05) is 0 Å². The summed E-state index contributed by atoms with van der Waals surface area (Å²) in [7, 11) is 0. The number of hydrogen-bond acceptors (Lipinski definition) is 1. The summed E-state index contributed by atoms with van der Waals surface area (Å²) in [6, 6.07) is 0. The molecule has 0 spiro atoms. The molecule has 0 amide bonds. The molecule has 1 radical (unpaired) electrons. The van der Waals surface area contributed by atoms with Crippen molar-refractivity contribution in [3.8, 4) is 4.97 Å². The van der Waals surface area contributed by atoms with Crippen LogP contribution in [0.5, 0.6) is 0 Å². The Morgan fingerprint density at radius 3 is 1.60 bits per heavy atom. The molecular weight excluding hydrogens is 323 g/mol. The summed E-state index contributed by atoms with van der Waals surface area (Å²) in [5.41, 5.74) is 0. The second-order valence-electron chi connectivity index (χ2n) is 0.0913. The molecule has 4 heteroatoms. The Labute approximate surface area is 75.9 Å². The molecule has 0 aliphatic heterocycles. The van der Waals surface area contributed by atoms with Gasteiger partial charge >= 0.3 is 55.8 Å². The molecule has 0 fully saturated rings. The Balaban J connectivity index is -0.0000000200. The maximum Gasteiger partial charge on any atom is 1.00 e. The van der Waals surface area contributed by atoms with E-state index in [0.29, 0.717) is 0 Å². The van der Waals surface area contributed by atoms with Crippen LogP contribution in [0.25, 0.3) is 0 Å². The zero-order valence-corrected chi connectivity index (χ0v) is 8.66. The van der Waals surface area contributed by atoms with Gasteiger partial charge in [-0.2, -0.15) is 0 Å². The zero-order chi connectivity index (χ0) is 2.71. The van der Waals surface area contributed by atoms with Gasteiger partial charge < -0.3 is 0 Å². The summed E-state index contributed by atoms with van der Waals surface area (Å²) in [6.45, 7) is 0. The molecule has 0 aliphatic rings. The van der Waals surface area contributed by atoms with Gasteiger partial charge in [0.25, 0.3) is 0 Å². The third-order valence-corrected chi connectivity index (χ3v) is 0. The van der Waals surface area contributed by atoms with Crippen molar-refractivity contribution in [2.24, 2.45) is 0 Å². The van der Waals surface area contributed by atoms with Gasteiger partial charge in [0.2, 0.25) is 0 Å². The van der Waals surface area contributed by atoms with Crippen molar-refractivity contribution in [2.45, 2.75) is 0 Å². The molecule has 0 atom stereocenters. The van der Waals surface area contributed by atoms with E-state index in [2.05, 4.69) is 16.0 Å². The molecule has 0 aliphatic carbocycles. The maximum atomic E-state index is 7.26. The van der Waals surface area contributed by atoms with E-state index in [1.54, 1.807) is 4.97 Å². The number of hydrogen-bond donors (Lipinski definition) is 0. The van der Waals surface area contributed by atoms with Crippen molar-refractivity contribution >= 4 is 16.0 Å². The largest absolute Gasteiger partial charge is 1.00 e. The molecule has 0 bridgehead atoms. The first-order valence-corrected chi connectivity index (χ1v) is 1.28. The quantitative estimate of drug-likeness (QED) is 0.427. The van der Waals surface area contributed by atoms with E-state index in [1.807, 2.05) is 0 Å². The Hall–Kier alpha value is 1.70. The average molecular weight is 323 g/mol. The first-order valence-electron chi connectivity index (χ1n) is 0.428. The second-order valence-corrected chi connectivity index (χ2v) is 0.474. The molecule has 0 N–H and O–H groups in total. The van der Waals surface area contributed by atoms with Crippen LogP contribution in [-0.2, 0) is 21.1 Å². The van der Waals surface area contributed by atoms with Crippen LogP contribution in [0.15, 0.2) is 0 Å². The van der Waals surface area contributed by atoms with E-state index >= 15 is 0 Å². The standard InChI is InChI=1S/CNSe.Na.Pt/c2-1-3;;/q;+1;. The Kier molecular flexibility index (Phi) is 54.9. The molecule has 0 heterocycles. The van der Waals surface area contributed by atoms with Crippen molar-refractivity contribution in [1.82, 2.24) is 0 Å². The zero-order valence-electron chi connectivity index (χ0n) is 2.67. The van der Waals surface area contributed by atoms with Crippen molar-refractivity contribution in [3.63, 3.8) is 0 Å². The fourth-order valence-corrected chi connectivity index (χ4v) is 0. The summed E-state index contributed by atoms with van der Waals surface area (Å²) < 4.78 is 0. The SMILES string of the molecule is N#C[Se].[Na+].[Pt]. The van der Waals surface area contributed by atoms with E-state index in [0.717, 1.165) is 0 Å². The Morgan fingerprint density at radius 2 is 1.60 bits per heavy atom. The summed E-state index contributed by atoms with van der Waals surface area (Å²) >= 11 is 2.11. The fourth-order valence-electron chi connectivity index (χ4n) is 0. The number of nitrogens with zero attached hydrogens (tertiary/aromatic N) is 1. The van der Waals surface area contributed by atoms with E-state index in [9.17, 15) is 0 Å². The van der Waals surface area contributed by atoms with Gasteiger partial charge in [-0.15, -0.1) is 0 Å². The molecule has 0 rings (SSSR count). The van der Waals surface area contributed by atoms with Gasteiger partial charge in [-0.3, -0.25) is 0 Å². The third-order valence-electron chi connectivity index (χ3n) is 0. The van der Waals surface area contributed by atoms with Crippen LogP contribution in [0.2, 0.25) is 0 Å². The molecule has 0 aromatic carbocycles. The predicted molar refractivity (Wildman–Crippen MR) is 11.4 cm³/mol. The van der Waals surface area contributed by atoms with Gasteiger partial charge in [-0.05, 0) is 0 Å². The minimum absolute atomic E-state index is 0. The van der Waals surface area contributed by atoms with E-state index in [4.69, 9.17) is 5.26 Å². The van der Waals surface area contributed by atoms with E-state index < -0.39 is 0 Å². The second kappa shape index (κ2) is 17.3. The fraction of sp³-hybridized carbons (Fsp3) is 0. The van der Waals surface area contributed by atoms with Gasteiger partial charge in [0.15, 0.2) is 0 Å². The van der Waals surface area contributed by atoms with Gasteiger partial charge in [-0.25, -0.2) is 0 Å². The van der Waals surface area contributed by atoms with Crippen molar-refractivity contribution < 1.29 is 50.6 Å². The first kappa shape index (κ1) is 15.9. The smallest absolute Gasteiger partial charge is 0 e. The molecule has 5 heavy (non-hydrogen) atoms. The molecular formula is CNNaPtSe+. The third kappa shape index (κ3) is 27.0. The minimum Gasteiger partial charge on any atom is 0 e. The van der Waals surface area contributed by atoms with Crippen LogP contribution in [0.3, 0.4) is 0 Å². The summed E-state index contributed by atoms with van der Waals surface area (Å²) in [5, 5.41) is 7.26. The van der Waals surface area contributed by atoms with Crippen LogP contribution in [0, 0.1) is 10.2 Å². The van der Waals surface area contributed by atoms with Crippen LogP contribution >= 0.6 is 0 Å². The molecule has 1 nitrogen and oxygen atoms in total. The topological polar surface area (TPSA) is 23.8 Å². The van der Waals surface area contributed by atoms with Crippen LogP contribution in [0.4, 0.5) is 0 Å². The van der Waals surface area contributed by atoms with Crippen molar-refractivity contribution in [3.05, 3.63) is 0 Å². The summed E-state index contributed by atoms with van der Waals surface area (Å²) in [5.74, 6) is 0. The Bertz CT molecular complexity index is 33.1. The van der Waals surface area contributed by atoms with Crippen molar-refractivity contribution in [1.29, 1.82) is 5.26 Å². The summed E-state index contributed by atoms with van der Waals surface area (Å²) in [6.07, 6.45) is 0. The number of nitriles is 1. The van der Waals surface area contributed by atoms with Gasteiger partial charge in [-0.1, -0.05) is 0 Å². The van der Waals surface area contributed by atoms with Gasteiger partial charge in [0.1, 0.15) is 0 Å². The van der Waals surface area contributed by atoms with Gasteiger partial charge in [0, 0.05) is 21.1 Å². The molecule has 0 saturated carbocycles. The van der Waals surface area contributed by atoms with E-state index in [-0.39, 0.29) is 50.6 Å². The normalized spacial score (nSPS) is 1.40. The molecule has 0 unspecified atom stereocenters. The molecule has 0 aromatic heterocycles. The maximum absolute atomic E-state index is 7.26. The predicted octanol–water partition coefficient (Wildman–Crippen LogP) is -3.36. The average Bonchev–Trinajstić information content (AvgIpc) is 0.918.